The molecule has 2 N–H and O–H groups in total. The van der Waals surface area contributed by atoms with Gasteiger partial charge in [0, 0.05) is 43.1 Å². The van der Waals surface area contributed by atoms with Gasteiger partial charge in [-0.05, 0) is 25.1 Å². The van der Waals surface area contributed by atoms with E-state index in [9.17, 15) is 4.79 Å². The van der Waals surface area contributed by atoms with Gasteiger partial charge in [0.05, 0.1) is 6.20 Å². The third-order valence-electron chi connectivity index (χ3n) is 2.72. The average molecular weight is 258 g/mol. The van der Waals surface area contributed by atoms with E-state index in [0.717, 1.165) is 11.3 Å². The van der Waals surface area contributed by atoms with Crippen molar-refractivity contribution >= 4 is 11.6 Å². The van der Waals surface area contributed by atoms with Gasteiger partial charge in [-0.15, -0.1) is 0 Å². The summed E-state index contributed by atoms with van der Waals surface area (Å²) in [5, 5.41) is 10.2. The molecular weight excluding hydrogens is 240 g/mol. The first kappa shape index (κ1) is 13.1. The van der Waals surface area contributed by atoms with Crippen LogP contribution in [0.25, 0.3) is 0 Å². The van der Waals surface area contributed by atoms with Crippen LogP contribution in [0.15, 0.2) is 36.7 Å². The normalized spacial score (nSPS) is 10.2. The molecule has 0 atom stereocenters. The van der Waals surface area contributed by atoms with Gasteiger partial charge in [0.15, 0.2) is 0 Å². The quantitative estimate of drug-likeness (QED) is 0.859. The largest absolute Gasteiger partial charge is 0.381 e. The number of anilines is 1. The molecule has 1 amide bonds. The first-order chi connectivity index (χ1) is 9.19. The van der Waals surface area contributed by atoms with Gasteiger partial charge in [0.2, 0.25) is 0 Å². The fourth-order valence-corrected chi connectivity index (χ4v) is 1.80. The molecule has 19 heavy (non-hydrogen) atoms. The molecule has 5 heteroatoms. The SMILES string of the molecule is CCNC(=O)c1cccc(NCc2cnn(C)c2)c1. The van der Waals surface area contributed by atoms with Crippen LogP contribution in [0, 0.1) is 0 Å². The molecule has 1 aromatic heterocycles. The molecule has 0 saturated carbocycles. The number of amides is 1. The summed E-state index contributed by atoms with van der Waals surface area (Å²) in [4.78, 5) is 11.7. The number of carbonyl (C=O) groups excluding carboxylic acids is 1. The Morgan fingerprint density at radius 1 is 1.42 bits per heavy atom. The highest BCUT2D eigenvalue weighted by atomic mass is 16.1. The lowest BCUT2D eigenvalue weighted by Crippen LogP contribution is -2.22. The third kappa shape index (κ3) is 3.58. The highest BCUT2D eigenvalue weighted by Gasteiger charge is 2.04. The maximum Gasteiger partial charge on any atom is 0.251 e. The first-order valence-corrected chi connectivity index (χ1v) is 6.28. The van der Waals surface area contributed by atoms with E-state index in [1.807, 2.05) is 44.6 Å². The minimum atomic E-state index is -0.0486. The van der Waals surface area contributed by atoms with Crippen molar-refractivity contribution in [2.45, 2.75) is 13.5 Å². The molecule has 0 aliphatic rings. The number of nitrogens with one attached hydrogen (secondary N) is 2. The number of aryl methyl sites for hydroxylation is 1. The molecule has 0 spiro atoms. The zero-order valence-corrected chi connectivity index (χ0v) is 11.2. The molecule has 2 aromatic rings. The second kappa shape index (κ2) is 6.04. The molecule has 1 heterocycles. The average Bonchev–Trinajstić information content (AvgIpc) is 2.83. The van der Waals surface area contributed by atoms with E-state index in [2.05, 4.69) is 15.7 Å². The van der Waals surface area contributed by atoms with Crippen molar-refractivity contribution < 1.29 is 4.79 Å². The highest BCUT2D eigenvalue weighted by molar-refractivity contribution is 5.95. The van der Waals surface area contributed by atoms with Crippen molar-refractivity contribution in [1.82, 2.24) is 15.1 Å². The van der Waals surface area contributed by atoms with E-state index in [1.54, 1.807) is 10.7 Å². The summed E-state index contributed by atoms with van der Waals surface area (Å²) in [5.41, 5.74) is 2.69. The van der Waals surface area contributed by atoms with Crippen LogP contribution in [0.4, 0.5) is 5.69 Å². The molecule has 0 aliphatic carbocycles. The summed E-state index contributed by atoms with van der Waals surface area (Å²) in [6.07, 6.45) is 3.78. The van der Waals surface area contributed by atoms with Crippen LogP contribution in [-0.2, 0) is 13.6 Å². The maximum absolute atomic E-state index is 11.7. The van der Waals surface area contributed by atoms with E-state index in [-0.39, 0.29) is 5.91 Å². The monoisotopic (exact) mass is 258 g/mol. The van der Waals surface area contributed by atoms with E-state index < -0.39 is 0 Å². The van der Waals surface area contributed by atoms with Crippen molar-refractivity contribution in [3.05, 3.63) is 47.8 Å². The van der Waals surface area contributed by atoms with Crippen molar-refractivity contribution in [2.75, 3.05) is 11.9 Å². The van der Waals surface area contributed by atoms with Crippen LogP contribution in [0.5, 0.6) is 0 Å². The summed E-state index contributed by atoms with van der Waals surface area (Å²) >= 11 is 0. The van der Waals surface area contributed by atoms with Crippen molar-refractivity contribution in [3.8, 4) is 0 Å². The summed E-state index contributed by atoms with van der Waals surface area (Å²) in [5.74, 6) is -0.0486. The minimum absolute atomic E-state index is 0.0486. The molecule has 0 saturated heterocycles. The lowest BCUT2D eigenvalue weighted by Gasteiger charge is -2.07. The van der Waals surface area contributed by atoms with Crippen LogP contribution in [0.3, 0.4) is 0 Å². The lowest BCUT2D eigenvalue weighted by molar-refractivity contribution is 0.0956. The molecule has 100 valence electrons. The number of benzene rings is 1. The Labute approximate surface area is 112 Å². The summed E-state index contributed by atoms with van der Waals surface area (Å²) in [6.45, 7) is 3.22. The number of carbonyl (C=O) groups is 1. The van der Waals surface area contributed by atoms with Crippen molar-refractivity contribution in [2.24, 2.45) is 7.05 Å². The molecule has 2 rings (SSSR count). The van der Waals surface area contributed by atoms with Crippen LogP contribution < -0.4 is 10.6 Å². The molecule has 0 bridgehead atoms. The lowest BCUT2D eigenvalue weighted by atomic mass is 10.2. The summed E-state index contributed by atoms with van der Waals surface area (Å²) in [6, 6.07) is 7.47. The van der Waals surface area contributed by atoms with E-state index in [0.29, 0.717) is 18.7 Å². The molecule has 0 unspecified atom stereocenters. The van der Waals surface area contributed by atoms with Crippen LogP contribution >= 0.6 is 0 Å². The number of hydrogen-bond donors (Lipinski definition) is 2. The van der Waals surface area contributed by atoms with Gasteiger partial charge in [-0.2, -0.15) is 5.10 Å². The third-order valence-corrected chi connectivity index (χ3v) is 2.72. The van der Waals surface area contributed by atoms with Gasteiger partial charge in [0.25, 0.3) is 5.91 Å². The van der Waals surface area contributed by atoms with E-state index in [1.165, 1.54) is 0 Å². The first-order valence-electron chi connectivity index (χ1n) is 6.28. The summed E-state index contributed by atoms with van der Waals surface area (Å²) in [7, 11) is 1.89. The van der Waals surface area contributed by atoms with Gasteiger partial charge < -0.3 is 10.6 Å². The Morgan fingerprint density at radius 2 is 2.26 bits per heavy atom. The Morgan fingerprint density at radius 3 is 2.95 bits per heavy atom. The second-order valence-electron chi connectivity index (χ2n) is 4.32. The molecule has 5 nitrogen and oxygen atoms in total. The van der Waals surface area contributed by atoms with E-state index >= 15 is 0 Å². The van der Waals surface area contributed by atoms with E-state index in [4.69, 9.17) is 0 Å². The number of hydrogen-bond acceptors (Lipinski definition) is 3. The molecule has 1 aromatic carbocycles. The Bertz CT molecular complexity index is 562. The van der Waals surface area contributed by atoms with Gasteiger partial charge >= 0.3 is 0 Å². The predicted octanol–water partition coefficient (Wildman–Crippen LogP) is 1.78. The van der Waals surface area contributed by atoms with Crippen LogP contribution in [-0.4, -0.2) is 22.2 Å². The Kier molecular flexibility index (Phi) is 4.18. The zero-order valence-electron chi connectivity index (χ0n) is 11.2. The van der Waals surface area contributed by atoms with Crippen LogP contribution in [0.1, 0.15) is 22.8 Å². The molecular formula is C14H18N4O. The van der Waals surface area contributed by atoms with Crippen LogP contribution in [0.2, 0.25) is 0 Å². The molecule has 0 aliphatic heterocycles. The number of rotatable bonds is 5. The smallest absolute Gasteiger partial charge is 0.251 e. The van der Waals surface area contributed by atoms with Gasteiger partial charge in [-0.3, -0.25) is 9.48 Å². The van der Waals surface area contributed by atoms with Gasteiger partial charge in [-0.1, -0.05) is 6.07 Å². The minimum Gasteiger partial charge on any atom is -0.381 e. The molecule has 0 fully saturated rings. The topological polar surface area (TPSA) is 59.0 Å². The highest BCUT2D eigenvalue weighted by Crippen LogP contribution is 2.12. The zero-order chi connectivity index (χ0) is 13.7. The number of aromatic nitrogens is 2. The van der Waals surface area contributed by atoms with Crippen molar-refractivity contribution in [1.29, 1.82) is 0 Å². The number of nitrogens with zero attached hydrogens (tertiary/aromatic N) is 2. The standard InChI is InChI=1S/C14H18N4O/c1-3-15-14(19)12-5-4-6-13(7-12)16-8-11-9-17-18(2)10-11/h4-7,9-10,16H,3,8H2,1-2H3,(H,15,19). The fourth-order valence-electron chi connectivity index (χ4n) is 1.80. The van der Waals surface area contributed by atoms with Gasteiger partial charge in [-0.25, -0.2) is 0 Å². The van der Waals surface area contributed by atoms with Gasteiger partial charge in [0.1, 0.15) is 0 Å². The Balaban J connectivity index is 2.00. The Hall–Kier alpha value is -2.30. The second-order valence-corrected chi connectivity index (χ2v) is 4.32. The fraction of sp³-hybridized carbons (Fsp3) is 0.286. The summed E-state index contributed by atoms with van der Waals surface area (Å²) < 4.78 is 1.77. The predicted molar refractivity (Wildman–Crippen MR) is 75.0 cm³/mol. The molecule has 0 radical (unpaired) electrons. The van der Waals surface area contributed by atoms with Crippen molar-refractivity contribution in [3.63, 3.8) is 0 Å². The maximum atomic E-state index is 11.7.